The Hall–Kier alpha value is -2.66. The number of nitrogens with zero attached hydrogens (tertiary/aromatic N) is 3. The number of aryl methyl sites for hydroxylation is 1. The average Bonchev–Trinajstić information content (AvgIpc) is 3.06. The number of carbonyl (C=O) groups excluding carboxylic acids is 1. The number of benzene rings is 2. The normalized spacial score (nSPS) is 15.6. The molecule has 0 radical (unpaired) electrons. The summed E-state index contributed by atoms with van der Waals surface area (Å²) in [4.78, 5) is 17.1. The maximum absolute atomic E-state index is 12.8. The molecular formula is C20H22N4O. The topological polar surface area (TPSA) is 52.2 Å². The Morgan fingerprint density at radius 1 is 1.08 bits per heavy atom. The summed E-state index contributed by atoms with van der Waals surface area (Å²) >= 11 is 0. The van der Waals surface area contributed by atoms with Crippen molar-refractivity contribution in [3.63, 3.8) is 0 Å². The number of rotatable bonds is 3. The van der Waals surface area contributed by atoms with Crippen molar-refractivity contribution in [1.82, 2.24) is 20.0 Å². The lowest BCUT2D eigenvalue weighted by Gasteiger charge is -2.34. The van der Waals surface area contributed by atoms with Crippen molar-refractivity contribution >= 4 is 16.8 Å². The zero-order chi connectivity index (χ0) is 17.2. The van der Waals surface area contributed by atoms with Gasteiger partial charge in [0.2, 0.25) is 0 Å². The fourth-order valence-electron chi connectivity index (χ4n) is 3.45. The second-order valence-corrected chi connectivity index (χ2v) is 6.68. The molecule has 1 saturated heterocycles. The van der Waals surface area contributed by atoms with Gasteiger partial charge >= 0.3 is 0 Å². The van der Waals surface area contributed by atoms with Gasteiger partial charge in [-0.1, -0.05) is 48.0 Å². The van der Waals surface area contributed by atoms with Crippen molar-refractivity contribution in [1.29, 1.82) is 0 Å². The summed E-state index contributed by atoms with van der Waals surface area (Å²) in [6.45, 7) is 6.32. The van der Waals surface area contributed by atoms with Gasteiger partial charge in [0.25, 0.3) is 5.91 Å². The smallest absolute Gasteiger partial charge is 0.275 e. The van der Waals surface area contributed by atoms with Gasteiger partial charge in [-0.25, -0.2) is 0 Å². The van der Waals surface area contributed by atoms with Crippen LogP contribution in [0.2, 0.25) is 0 Å². The molecule has 1 aliphatic heterocycles. The number of amides is 1. The van der Waals surface area contributed by atoms with Gasteiger partial charge in [-0.2, -0.15) is 5.10 Å². The molecule has 1 fully saturated rings. The van der Waals surface area contributed by atoms with Crippen LogP contribution in [0.25, 0.3) is 10.9 Å². The van der Waals surface area contributed by atoms with Crippen LogP contribution in [0, 0.1) is 6.92 Å². The summed E-state index contributed by atoms with van der Waals surface area (Å²) in [5.74, 6) is 0.0210. The number of nitrogens with one attached hydrogen (secondary N) is 1. The number of piperazine rings is 1. The fourth-order valence-corrected chi connectivity index (χ4v) is 3.45. The minimum Gasteiger partial charge on any atom is -0.335 e. The average molecular weight is 334 g/mol. The molecule has 0 atom stereocenters. The van der Waals surface area contributed by atoms with Crippen molar-refractivity contribution in [2.24, 2.45) is 0 Å². The molecule has 25 heavy (non-hydrogen) atoms. The van der Waals surface area contributed by atoms with Crippen LogP contribution in [-0.4, -0.2) is 52.1 Å². The van der Waals surface area contributed by atoms with Gasteiger partial charge < -0.3 is 4.90 Å². The Labute approximate surface area is 147 Å². The lowest BCUT2D eigenvalue weighted by atomic mass is 10.1. The van der Waals surface area contributed by atoms with Crippen LogP contribution < -0.4 is 0 Å². The third-order valence-electron chi connectivity index (χ3n) is 4.82. The first kappa shape index (κ1) is 15.8. The molecule has 2 heterocycles. The van der Waals surface area contributed by atoms with E-state index in [1.165, 1.54) is 11.1 Å². The van der Waals surface area contributed by atoms with Crippen LogP contribution in [0.15, 0.2) is 48.5 Å². The third-order valence-corrected chi connectivity index (χ3v) is 4.82. The number of hydrogen-bond donors (Lipinski definition) is 1. The third kappa shape index (κ3) is 3.28. The van der Waals surface area contributed by atoms with Crippen molar-refractivity contribution in [3.05, 3.63) is 65.4 Å². The van der Waals surface area contributed by atoms with E-state index in [9.17, 15) is 4.79 Å². The van der Waals surface area contributed by atoms with Gasteiger partial charge in [-0.05, 0) is 18.6 Å². The molecule has 0 spiro atoms. The Morgan fingerprint density at radius 2 is 1.88 bits per heavy atom. The van der Waals surface area contributed by atoms with Crippen molar-refractivity contribution in [2.45, 2.75) is 13.5 Å². The largest absolute Gasteiger partial charge is 0.335 e. The zero-order valence-electron chi connectivity index (χ0n) is 14.4. The second-order valence-electron chi connectivity index (χ2n) is 6.68. The van der Waals surface area contributed by atoms with E-state index in [4.69, 9.17) is 0 Å². The Kier molecular flexibility index (Phi) is 4.24. The summed E-state index contributed by atoms with van der Waals surface area (Å²) in [6, 6.07) is 16.4. The maximum atomic E-state index is 12.8. The molecule has 1 aliphatic rings. The summed E-state index contributed by atoms with van der Waals surface area (Å²) in [5, 5.41) is 8.08. The van der Waals surface area contributed by atoms with E-state index in [0.717, 1.165) is 43.6 Å². The number of para-hydroxylation sites is 1. The molecule has 2 aromatic carbocycles. The van der Waals surface area contributed by atoms with Crippen molar-refractivity contribution in [2.75, 3.05) is 26.2 Å². The first-order valence-corrected chi connectivity index (χ1v) is 8.71. The SMILES string of the molecule is Cc1cccc(CN2CCN(C(=O)c3n[nH]c4ccccc34)CC2)c1. The van der Waals surface area contributed by atoms with Crippen molar-refractivity contribution < 1.29 is 4.79 Å². The van der Waals surface area contributed by atoms with E-state index in [2.05, 4.69) is 46.3 Å². The fraction of sp³-hybridized carbons (Fsp3) is 0.300. The summed E-state index contributed by atoms with van der Waals surface area (Å²) in [5.41, 5.74) is 4.06. The summed E-state index contributed by atoms with van der Waals surface area (Å²) in [6.07, 6.45) is 0. The number of H-pyrrole nitrogens is 1. The maximum Gasteiger partial charge on any atom is 0.275 e. The van der Waals surface area contributed by atoms with Crippen LogP contribution in [0.3, 0.4) is 0 Å². The van der Waals surface area contributed by atoms with E-state index in [1.54, 1.807) is 0 Å². The molecule has 128 valence electrons. The first-order chi connectivity index (χ1) is 12.2. The minimum absolute atomic E-state index is 0.0210. The molecule has 5 heteroatoms. The number of carbonyl (C=O) groups is 1. The summed E-state index contributed by atoms with van der Waals surface area (Å²) < 4.78 is 0. The Bertz CT molecular complexity index is 893. The van der Waals surface area contributed by atoms with E-state index >= 15 is 0 Å². The second kappa shape index (κ2) is 6.69. The monoisotopic (exact) mass is 334 g/mol. The Morgan fingerprint density at radius 3 is 2.68 bits per heavy atom. The van der Waals surface area contributed by atoms with Gasteiger partial charge in [0.1, 0.15) is 0 Å². The predicted octanol–water partition coefficient (Wildman–Crippen LogP) is 2.83. The lowest BCUT2D eigenvalue weighted by Crippen LogP contribution is -2.48. The van der Waals surface area contributed by atoms with E-state index in [-0.39, 0.29) is 5.91 Å². The molecule has 1 aromatic heterocycles. The van der Waals surface area contributed by atoms with Gasteiger partial charge in [0.05, 0.1) is 5.52 Å². The minimum atomic E-state index is 0.0210. The lowest BCUT2D eigenvalue weighted by molar-refractivity contribution is 0.0624. The number of aromatic nitrogens is 2. The molecule has 5 nitrogen and oxygen atoms in total. The molecule has 0 aliphatic carbocycles. The zero-order valence-corrected chi connectivity index (χ0v) is 14.4. The molecule has 0 unspecified atom stereocenters. The highest BCUT2D eigenvalue weighted by Crippen LogP contribution is 2.18. The van der Waals surface area contributed by atoms with Gasteiger partial charge in [0.15, 0.2) is 5.69 Å². The molecule has 3 aromatic rings. The predicted molar refractivity (Wildman–Crippen MR) is 98.5 cm³/mol. The van der Waals surface area contributed by atoms with Gasteiger partial charge in [-0.15, -0.1) is 0 Å². The molecular weight excluding hydrogens is 312 g/mol. The van der Waals surface area contributed by atoms with E-state index in [1.807, 2.05) is 29.2 Å². The number of aromatic amines is 1. The quantitative estimate of drug-likeness (QED) is 0.801. The highest BCUT2D eigenvalue weighted by Gasteiger charge is 2.25. The van der Waals surface area contributed by atoms with Crippen LogP contribution in [0.5, 0.6) is 0 Å². The molecule has 1 amide bonds. The standard InChI is InChI=1S/C20H22N4O/c1-15-5-4-6-16(13-15)14-23-9-11-24(12-10-23)20(25)19-17-7-2-3-8-18(17)21-22-19/h2-8,13H,9-12,14H2,1H3,(H,21,22). The van der Waals surface area contributed by atoms with E-state index < -0.39 is 0 Å². The Balaban J connectivity index is 1.40. The molecule has 0 bridgehead atoms. The number of hydrogen-bond acceptors (Lipinski definition) is 3. The summed E-state index contributed by atoms with van der Waals surface area (Å²) in [7, 11) is 0. The van der Waals surface area contributed by atoms with Crippen LogP contribution >= 0.6 is 0 Å². The van der Waals surface area contributed by atoms with E-state index in [0.29, 0.717) is 5.69 Å². The van der Waals surface area contributed by atoms with Crippen molar-refractivity contribution in [3.8, 4) is 0 Å². The van der Waals surface area contributed by atoms with Crippen LogP contribution in [0.1, 0.15) is 21.6 Å². The first-order valence-electron chi connectivity index (χ1n) is 8.71. The van der Waals surface area contributed by atoms with Crippen LogP contribution in [0.4, 0.5) is 0 Å². The van der Waals surface area contributed by atoms with Crippen LogP contribution in [-0.2, 0) is 6.54 Å². The van der Waals surface area contributed by atoms with Gasteiger partial charge in [-0.3, -0.25) is 14.8 Å². The number of fused-ring (bicyclic) bond motifs is 1. The highest BCUT2D eigenvalue weighted by atomic mass is 16.2. The molecule has 0 saturated carbocycles. The molecule has 4 rings (SSSR count). The molecule has 1 N–H and O–H groups in total. The highest BCUT2D eigenvalue weighted by molar-refractivity contribution is 6.04. The van der Waals surface area contributed by atoms with Gasteiger partial charge in [0, 0.05) is 38.1 Å².